The van der Waals surface area contributed by atoms with Crippen molar-refractivity contribution in [3.8, 4) is 0 Å². The summed E-state index contributed by atoms with van der Waals surface area (Å²) in [6.45, 7) is 5.43. The van der Waals surface area contributed by atoms with Gasteiger partial charge in [0.1, 0.15) is 5.82 Å². The predicted molar refractivity (Wildman–Crippen MR) is 77.8 cm³/mol. The van der Waals surface area contributed by atoms with E-state index in [4.69, 9.17) is 4.74 Å². The number of hydrogen-bond donors (Lipinski definition) is 1. The number of hydrogen-bond acceptors (Lipinski definition) is 5. The molecule has 0 spiro atoms. The van der Waals surface area contributed by atoms with Crippen LogP contribution in [0, 0.1) is 0 Å². The van der Waals surface area contributed by atoms with Gasteiger partial charge in [-0.25, -0.2) is 4.98 Å². The summed E-state index contributed by atoms with van der Waals surface area (Å²) < 4.78 is 5.82. The Kier molecular flexibility index (Phi) is 3.31. The molecule has 0 amide bonds. The van der Waals surface area contributed by atoms with Gasteiger partial charge in [-0.3, -0.25) is 4.98 Å². The summed E-state index contributed by atoms with van der Waals surface area (Å²) in [4.78, 5) is 11.2. The lowest BCUT2D eigenvalue weighted by atomic mass is 10.1. The maximum Gasteiger partial charge on any atom is 0.148 e. The Morgan fingerprint density at radius 3 is 2.85 bits per heavy atom. The van der Waals surface area contributed by atoms with E-state index in [1.54, 1.807) is 6.20 Å². The molecule has 0 radical (unpaired) electrons. The van der Waals surface area contributed by atoms with E-state index >= 15 is 0 Å². The van der Waals surface area contributed by atoms with Gasteiger partial charge >= 0.3 is 0 Å². The number of benzene rings is 1. The molecule has 20 heavy (non-hydrogen) atoms. The number of nitrogens with zero attached hydrogens (tertiary/aromatic N) is 3. The Morgan fingerprint density at radius 2 is 2.10 bits per heavy atom. The zero-order valence-corrected chi connectivity index (χ0v) is 11.8. The van der Waals surface area contributed by atoms with Crippen LogP contribution in [-0.4, -0.2) is 46.5 Å². The average Bonchev–Trinajstić information content (AvgIpc) is 2.45. The maximum absolute atomic E-state index is 9.37. The van der Waals surface area contributed by atoms with Gasteiger partial charge in [-0.05, 0) is 26.0 Å². The maximum atomic E-state index is 9.37. The summed E-state index contributed by atoms with van der Waals surface area (Å²) in [6.07, 6.45) is 1.60. The molecule has 1 saturated heterocycles. The highest BCUT2D eigenvalue weighted by Crippen LogP contribution is 2.25. The van der Waals surface area contributed by atoms with Crippen LogP contribution in [0.4, 0.5) is 5.82 Å². The van der Waals surface area contributed by atoms with Gasteiger partial charge in [-0.1, -0.05) is 12.1 Å². The van der Waals surface area contributed by atoms with Crippen LogP contribution in [0.25, 0.3) is 11.0 Å². The molecule has 1 aromatic heterocycles. The summed E-state index contributed by atoms with van der Waals surface area (Å²) in [5.41, 5.74) is 1.47. The fraction of sp³-hybridized carbons (Fsp3) is 0.467. The molecular weight excluding hydrogens is 254 g/mol. The van der Waals surface area contributed by atoms with E-state index in [-0.39, 0.29) is 18.3 Å². The first-order chi connectivity index (χ1) is 9.57. The molecular formula is C15H19N3O2. The Morgan fingerprint density at radius 1 is 1.35 bits per heavy atom. The zero-order chi connectivity index (χ0) is 14.2. The average molecular weight is 273 g/mol. The van der Waals surface area contributed by atoms with E-state index < -0.39 is 0 Å². The van der Waals surface area contributed by atoms with Gasteiger partial charge in [0.25, 0.3) is 0 Å². The smallest absolute Gasteiger partial charge is 0.148 e. The molecule has 1 aromatic carbocycles. The molecule has 1 atom stereocenters. The third-order valence-corrected chi connectivity index (χ3v) is 3.44. The lowest BCUT2D eigenvalue weighted by Crippen LogP contribution is -2.54. The molecule has 0 aliphatic carbocycles. The number of anilines is 1. The second-order valence-electron chi connectivity index (χ2n) is 5.78. The summed E-state index contributed by atoms with van der Waals surface area (Å²) in [5, 5.41) is 9.37. The predicted octanol–water partition coefficient (Wildman–Crippen LogP) is 1.61. The second-order valence-corrected chi connectivity index (χ2v) is 5.78. The van der Waals surface area contributed by atoms with Crippen molar-refractivity contribution in [2.75, 3.05) is 24.6 Å². The van der Waals surface area contributed by atoms with Crippen LogP contribution in [0.2, 0.25) is 0 Å². The van der Waals surface area contributed by atoms with E-state index in [1.165, 1.54) is 0 Å². The van der Waals surface area contributed by atoms with Crippen LogP contribution in [-0.2, 0) is 4.74 Å². The summed E-state index contributed by atoms with van der Waals surface area (Å²) in [6, 6.07) is 7.82. The molecule has 5 nitrogen and oxygen atoms in total. The minimum Gasteiger partial charge on any atom is -0.394 e. The molecule has 0 saturated carbocycles. The third-order valence-electron chi connectivity index (χ3n) is 3.44. The molecule has 106 valence electrons. The van der Waals surface area contributed by atoms with Crippen molar-refractivity contribution in [1.29, 1.82) is 0 Å². The lowest BCUT2D eigenvalue weighted by molar-refractivity contribution is -0.101. The second kappa shape index (κ2) is 5.00. The van der Waals surface area contributed by atoms with Crippen LogP contribution >= 0.6 is 0 Å². The molecule has 5 heteroatoms. The van der Waals surface area contributed by atoms with Crippen molar-refractivity contribution in [1.82, 2.24) is 9.97 Å². The molecule has 3 rings (SSSR count). The van der Waals surface area contributed by atoms with Gasteiger partial charge in [-0.15, -0.1) is 0 Å². The summed E-state index contributed by atoms with van der Waals surface area (Å²) in [7, 11) is 0. The van der Waals surface area contributed by atoms with Gasteiger partial charge in [0.05, 0.1) is 35.5 Å². The highest BCUT2D eigenvalue weighted by molar-refractivity contribution is 5.75. The van der Waals surface area contributed by atoms with E-state index in [0.717, 1.165) is 23.4 Å². The van der Waals surface area contributed by atoms with Crippen molar-refractivity contribution >= 4 is 16.9 Å². The third kappa shape index (κ3) is 2.59. The SMILES string of the molecule is CC1(C)CN(c2cnc3ccccc3n2)CC(CO)O1. The van der Waals surface area contributed by atoms with Crippen molar-refractivity contribution in [3.05, 3.63) is 30.5 Å². The quantitative estimate of drug-likeness (QED) is 0.900. The van der Waals surface area contributed by atoms with Crippen molar-refractivity contribution in [2.24, 2.45) is 0 Å². The van der Waals surface area contributed by atoms with Crippen LogP contribution in [0.5, 0.6) is 0 Å². The summed E-state index contributed by atoms with van der Waals surface area (Å²) in [5.74, 6) is 0.832. The van der Waals surface area contributed by atoms with Crippen molar-refractivity contribution < 1.29 is 9.84 Å². The normalized spacial score (nSPS) is 22.1. The topological polar surface area (TPSA) is 58.5 Å². The van der Waals surface area contributed by atoms with E-state index in [2.05, 4.69) is 14.9 Å². The molecule has 2 aromatic rings. The van der Waals surface area contributed by atoms with Crippen molar-refractivity contribution in [2.45, 2.75) is 25.6 Å². The standard InChI is InChI=1S/C15H19N3O2/c1-15(2)10-18(8-11(9-19)20-15)14-7-16-12-5-3-4-6-13(12)17-14/h3-7,11,19H,8-10H2,1-2H3. The Labute approximate surface area is 118 Å². The highest BCUT2D eigenvalue weighted by atomic mass is 16.5. The fourth-order valence-electron chi connectivity index (χ4n) is 2.67. The van der Waals surface area contributed by atoms with Crippen molar-refractivity contribution in [3.63, 3.8) is 0 Å². The minimum absolute atomic E-state index is 0.0148. The number of fused-ring (bicyclic) bond motifs is 1. The molecule has 0 bridgehead atoms. The Balaban J connectivity index is 1.93. The minimum atomic E-state index is -0.307. The number of rotatable bonds is 2. The Bertz CT molecular complexity index is 615. The van der Waals surface area contributed by atoms with Gasteiger partial charge in [-0.2, -0.15) is 0 Å². The molecule has 1 fully saturated rings. The number of aromatic nitrogens is 2. The number of para-hydroxylation sites is 2. The molecule has 2 heterocycles. The first-order valence-corrected chi connectivity index (χ1v) is 6.83. The van der Waals surface area contributed by atoms with Gasteiger partial charge in [0.2, 0.25) is 0 Å². The fourth-order valence-corrected chi connectivity index (χ4v) is 2.67. The molecule has 1 aliphatic heterocycles. The first-order valence-electron chi connectivity index (χ1n) is 6.83. The van der Waals surface area contributed by atoms with Gasteiger partial charge < -0.3 is 14.7 Å². The number of ether oxygens (including phenoxy) is 1. The van der Waals surface area contributed by atoms with Gasteiger partial charge in [0.15, 0.2) is 0 Å². The van der Waals surface area contributed by atoms with E-state index in [1.807, 2.05) is 38.1 Å². The lowest BCUT2D eigenvalue weighted by Gasteiger charge is -2.42. The van der Waals surface area contributed by atoms with E-state index in [0.29, 0.717) is 6.54 Å². The Hall–Kier alpha value is -1.72. The number of aliphatic hydroxyl groups excluding tert-OH is 1. The number of morpholine rings is 1. The zero-order valence-electron chi connectivity index (χ0n) is 11.8. The molecule has 1 N–H and O–H groups in total. The molecule has 1 aliphatic rings. The monoisotopic (exact) mass is 273 g/mol. The van der Waals surface area contributed by atoms with Crippen LogP contribution < -0.4 is 4.90 Å². The van der Waals surface area contributed by atoms with Crippen LogP contribution in [0.3, 0.4) is 0 Å². The van der Waals surface area contributed by atoms with Crippen LogP contribution in [0.15, 0.2) is 30.5 Å². The van der Waals surface area contributed by atoms with Gasteiger partial charge in [0, 0.05) is 13.1 Å². The highest BCUT2D eigenvalue weighted by Gasteiger charge is 2.33. The largest absolute Gasteiger partial charge is 0.394 e. The van der Waals surface area contributed by atoms with Crippen LogP contribution in [0.1, 0.15) is 13.8 Å². The van der Waals surface area contributed by atoms with E-state index in [9.17, 15) is 5.11 Å². The first kappa shape index (κ1) is 13.3. The summed E-state index contributed by atoms with van der Waals surface area (Å²) >= 11 is 0. The number of aliphatic hydroxyl groups is 1. The molecule has 1 unspecified atom stereocenters.